The highest BCUT2D eigenvalue weighted by Gasteiger charge is 2.11. The van der Waals surface area contributed by atoms with E-state index in [4.69, 9.17) is 16.9 Å². The summed E-state index contributed by atoms with van der Waals surface area (Å²) in [7, 11) is 0. The molecule has 0 fully saturated rings. The molecule has 0 aliphatic heterocycles. The van der Waals surface area contributed by atoms with Crippen molar-refractivity contribution in [3.05, 3.63) is 81.6 Å². The molecule has 0 unspecified atom stereocenters. The molecular weight excluding hydrogens is 354 g/mol. The van der Waals surface area contributed by atoms with Crippen molar-refractivity contribution in [1.29, 1.82) is 5.26 Å². The Morgan fingerprint density at radius 2 is 1.84 bits per heavy atom. The first-order valence-corrected chi connectivity index (χ1v) is 8.96. The second kappa shape index (κ2) is 8.02. The third kappa shape index (κ3) is 4.11. The van der Waals surface area contributed by atoms with E-state index in [2.05, 4.69) is 4.98 Å². The number of hydrogen-bond acceptors (Lipinski definition) is 4. The molecule has 0 N–H and O–H groups in total. The van der Waals surface area contributed by atoms with Gasteiger partial charge in [-0.15, -0.1) is 0 Å². The molecule has 1 aromatic heterocycles. The molecule has 0 bridgehead atoms. The standard InChI is InChI=1S/C19H14ClN3OS/c20-16-9-5-4-8-15(16)13-25-19-22-17(14-6-2-1-3-7-14)12-18(24)23(19)11-10-21/h1-9,12H,11,13H2. The Balaban J connectivity index is 1.98. The molecule has 0 radical (unpaired) electrons. The zero-order valence-electron chi connectivity index (χ0n) is 13.2. The van der Waals surface area contributed by atoms with Crippen LogP contribution in [0.25, 0.3) is 11.3 Å². The second-order valence-corrected chi connectivity index (χ2v) is 6.60. The van der Waals surface area contributed by atoms with E-state index >= 15 is 0 Å². The van der Waals surface area contributed by atoms with Gasteiger partial charge in [-0.2, -0.15) is 5.26 Å². The van der Waals surface area contributed by atoms with Gasteiger partial charge < -0.3 is 0 Å². The van der Waals surface area contributed by atoms with Crippen LogP contribution < -0.4 is 5.56 Å². The van der Waals surface area contributed by atoms with Crippen LogP contribution in [0.5, 0.6) is 0 Å². The summed E-state index contributed by atoms with van der Waals surface area (Å²) < 4.78 is 1.38. The highest BCUT2D eigenvalue weighted by molar-refractivity contribution is 7.98. The molecule has 0 saturated heterocycles. The molecule has 3 rings (SSSR count). The van der Waals surface area contributed by atoms with Gasteiger partial charge in [-0.3, -0.25) is 9.36 Å². The lowest BCUT2D eigenvalue weighted by Gasteiger charge is -2.11. The van der Waals surface area contributed by atoms with E-state index in [0.29, 0.717) is 21.6 Å². The van der Waals surface area contributed by atoms with Crippen molar-refractivity contribution in [3.63, 3.8) is 0 Å². The van der Waals surface area contributed by atoms with Gasteiger partial charge in [0.05, 0.1) is 11.8 Å². The first-order valence-electron chi connectivity index (χ1n) is 7.59. The first-order chi connectivity index (χ1) is 12.2. The maximum atomic E-state index is 12.4. The number of benzene rings is 2. The predicted molar refractivity (Wildman–Crippen MR) is 101 cm³/mol. The zero-order valence-corrected chi connectivity index (χ0v) is 14.8. The number of halogens is 1. The van der Waals surface area contributed by atoms with Gasteiger partial charge >= 0.3 is 0 Å². The Bertz CT molecular complexity index is 980. The fourth-order valence-electron chi connectivity index (χ4n) is 2.33. The van der Waals surface area contributed by atoms with E-state index in [1.54, 1.807) is 0 Å². The van der Waals surface area contributed by atoms with Crippen LogP contribution in [0.3, 0.4) is 0 Å². The van der Waals surface area contributed by atoms with Gasteiger partial charge in [-0.25, -0.2) is 4.98 Å². The molecule has 0 aliphatic rings. The molecular formula is C19H14ClN3OS. The molecule has 0 amide bonds. The van der Waals surface area contributed by atoms with E-state index < -0.39 is 0 Å². The van der Waals surface area contributed by atoms with E-state index in [0.717, 1.165) is 11.1 Å². The predicted octanol–water partition coefficient (Wildman–Crippen LogP) is 4.38. The lowest BCUT2D eigenvalue weighted by atomic mass is 10.1. The minimum absolute atomic E-state index is 0.0360. The molecule has 4 nitrogen and oxygen atoms in total. The number of rotatable bonds is 5. The van der Waals surface area contributed by atoms with Crippen LogP contribution in [-0.4, -0.2) is 9.55 Å². The van der Waals surface area contributed by atoms with Crippen molar-refractivity contribution in [1.82, 2.24) is 9.55 Å². The summed E-state index contributed by atoms with van der Waals surface area (Å²) in [5, 5.41) is 10.2. The molecule has 0 atom stereocenters. The fourth-order valence-corrected chi connectivity index (χ4v) is 3.62. The topological polar surface area (TPSA) is 58.7 Å². The maximum absolute atomic E-state index is 12.4. The highest BCUT2D eigenvalue weighted by Crippen LogP contribution is 2.26. The molecule has 0 aliphatic carbocycles. The number of hydrogen-bond donors (Lipinski definition) is 0. The molecule has 2 aromatic carbocycles. The molecule has 3 aromatic rings. The Morgan fingerprint density at radius 1 is 1.12 bits per heavy atom. The molecule has 124 valence electrons. The lowest BCUT2D eigenvalue weighted by molar-refractivity contribution is 0.665. The lowest BCUT2D eigenvalue weighted by Crippen LogP contribution is -2.22. The summed E-state index contributed by atoms with van der Waals surface area (Å²) in [6.07, 6.45) is 0. The summed E-state index contributed by atoms with van der Waals surface area (Å²) in [5.41, 5.74) is 2.18. The number of thioether (sulfide) groups is 1. The quantitative estimate of drug-likeness (QED) is 0.496. The smallest absolute Gasteiger partial charge is 0.255 e. The van der Waals surface area contributed by atoms with Crippen LogP contribution >= 0.6 is 23.4 Å². The van der Waals surface area contributed by atoms with Crippen LogP contribution in [0.4, 0.5) is 0 Å². The van der Waals surface area contributed by atoms with Crippen molar-refractivity contribution in [2.45, 2.75) is 17.5 Å². The van der Waals surface area contributed by atoms with Crippen molar-refractivity contribution < 1.29 is 0 Å². The minimum Gasteiger partial charge on any atom is -0.274 e. The summed E-state index contributed by atoms with van der Waals surface area (Å²) in [6.45, 7) is -0.0360. The summed E-state index contributed by atoms with van der Waals surface area (Å²) in [5.74, 6) is 0.565. The number of nitriles is 1. The van der Waals surface area contributed by atoms with Crippen molar-refractivity contribution in [3.8, 4) is 17.3 Å². The van der Waals surface area contributed by atoms with Gasteiger partial charge in [-0.05, 0) is 11.6 Å². The molecule has 1 heterocycles. The van der Waals surface area contributed by atoms with E-state index in [-0.39, 0.29) is 12.1 Å². The SMILES string of the molecule is N#CCn1c(SCc2ccccc2Cl)nc(-c2ccccc2)cc1=O. The van der Waals surface area contributed by atoms with Crippen LogP contribution in [0.2, 0.25) is 5.02 Å². The van der Waals surface area contributed by atoms with Gasteiger partial charge in [0.25, 0.3) is 5.56 Å². The fraction of sp³-hybridized carbons (Fsp3) is 0.105. The normalized spacial score (nSPS) is 10.4. The van der Waals surface area contributed by atoms with Crippen molar-refractivity contribution in [2.24, 2.45) is 0 Å². The van der Waals surface area contributed by atoms with E-state index in [1.165, 1.54) is 22.4 Å². The maximum Gasteiger partial charge on any atom is 0.255 e. The van der Waals surface area contributed by atoms with Gasteiger partial charge in [0.2, 0.25) is 0 Å². The Kier molecular flexibility index (Phi) is 5.54. The molecule has 0 saturated carbocycles. The minimum atomic E-state index is -0.239. The Labute approximate surface area is 154 Å². The second-order valence-electron chi connectivity index (χ2n) is 5.25. The monoisotopic (exact) mass is 367 g/mol. The Hall–Kier alpha value is -2.55. The molecule has 25 heavy (non-hydrogen) atoms. The van der Waals surface area contributed by atoms with E-state index in [1.807, 2.05) is 60.7 Å². The Morgan fingerprint density at radius 3 is 2.56 bits per heavy atom. The summed E-state index contributed by atoms with van der Waals surface area (Å²) >= 11 is 7.59. The van der Waals surface area contributed by atoms with Gasteiger partial charge in [-0.1, -0.05) is 71.9 Å². The average molecular weight is 368 g/mol. The zero-order chi connectivity index (χ0) is 17.6. The highest BCUT2D eigenvalue weighted by atomic mass is 35.5. The third-order valence-corrected chi connectivity index (χ3v) is 4.98. The number of nitrogens with zero attached hydrogens (tertiary/aromatic N) is 3. The van der Waals surface area contributed by atoms with Crippen LogP contribution in [0.15, 0.2) is 70.6 Å². The number of aromatic nitrogens is 2. The van der Waals surface area contributed by atoms with Crippen LogP contribution in [0, 0.1) is 11.3 Å². The summed E-state index contributed by atoms with van der Waals surface area (Å²) in [4.78, 5) is 17.0. The van der Waals surface area contributed by atoms with Crippen molar-refractivity contribution in [2.75, 3.05) is 0 Å². The average Bonchev–Trinajstić information content (AvgIpc) is 2.64. The third-order valence-electron chi connectivity index (χ3n) is 3.59. The summed E-state index contributed by atoms with van der Waals surface area (Å²) in [6, 6.07) is 20.5. The first kappa shape index (κ1) is 17.3. The van der Waals surface area contributed by atoms with Gasteiger partial charge in [0.1, 0.15) is 6.54 Å². The molecule has 6 heteroatoms. The van der Waals surface area contributed by atoms with E-state index in [9.17, 15) is 4.79 Å². The largest absolute Gasteiger partial charge is 0.274 e. The van der Waals surface area contributed by atoms with Crippen LogP contribution in [-0.2, 0) is 12.3 Å². The van der Waals surface area contributed by atoms with Crippen molar-refractivity contribution >= 4 is 23.4 Å². The van der Waals surface area contributed by atoms with Crippen LogP contribution in [0.1, 0.15) is 5.56 Å². The van der Waals surface area contributed by atoms with Gasteiger partial charge in [0, 0.05) is 22.4 Å². The van der Waals surface area contributed by atoms with Gasteiger partial charge in [0.15, 0.2) is 5.16 Å². The molecule has 0 spiro atoms.